The first-order valence-electron chi connectivity index (χ1n) is 2.21. The lowest BCUT2D eigenvalue weighted by Gasteiger charge is -2.03. The predicted molar refractivity (Wildman–Crippen MR) is 34.3 cm³/mol. The molecule has 10 heavy (non-hydrogen) atoms. The van der Waals surface area contributed by atoms with Crippen LogP contribution in [-0.4, -0.2) is 11.1 Å². The van der Waals surface area contributed by atoms with E-state index in [1.165, 1.54) is 6.26 Å². The number of carboxylic acid groups (broad SMARTS) is 1. The van der Waals surface area contributed by atoms with E-state index >= 15 is 0 Å². The highest BCUT2D eigenvalue weighted by Crippen LogP contribution is 2.03. The fourth-order valence-corrected chi connectivity index (χ4v) is 0.363. The van der Waals surface area contributed by atoms with Crippen molar-refractivity contribution in [2.24, 2.45) is 0 Å². The van der Waals surface area contributed by atoms with Gasteiger partial charge in [0, 0.05) is 0 Å². The molecule has 0 saturated carbocycles. The summed E-state index contributed by atoms with van der Waals surface area (Å²) in [6.45, 7) is 0. The van der Waals surface area contributed by atoms with Gasteiger partial charge >= 0.3 is 5.97 Å². The highest BCUT2D eigenvalue weighted by atomic mass is 35.5. The maximum atomic E-state index is 10.0. The average molecular weight is 165 g/mol. The molecule has 0 fully saturated rings. The van der Waals surface area contributed by atoms with Crippen molar-refractivity contribution in [2.75, 3.05) is 0 Å². The summed E-state index contributed by atoms with van der Waals surface area (Å²) < 4.78 is 8.99. The van der Waals surface area contributed by atoms with Crippen LogP contribution in [-0.2, 0) is 14.3 Å². The van der Waals surface area contributed by atoms with Crippen LogP contribution in [0, 0.1) is 0 Å². The summed E-state index contributed by atoms with van der Waals surface area (Å²) in [5, 5.41) is 8.23. The van der Waals surface area contributed by atoms with Crippen LogP contribution in [0.4, 0.5) is 0 Å². The summed E-state index contributed by atoms with van der Waals surface area (Å²) in [5.74, 6) is -1.35. The third kappa shape index (κ3) is 1.99. The minimum Gasteiger partial charge on any atom is -0.475 e. The normalized spacial score (nSPS) is 13.8. The Kier molecular flexibility index (Phi) is 3.35. The van der Waals surface area contributed by atoms with E-state index in [0.29, 0.717) is 0 Å². The van der Waals surface area contributed by atoms with Crippen molar-refractivity contribution in [3.8, 4) is 0 Å². The highest BCUT2D eigenvalue weighted by Gasteiger charge is 2.09. The van der Waals surface area contributed by atoms with Gasteiger partial charge in [0.1, 0.15) is 18.8 Å². The fourth-order valence-electron chi connectivity index (χ4n) is 0.363. The van der Waals surface area contributed by atoms with Crippen molar-refractivity contribution in [2.45, 2.75) is 0 Å². The lowest BCUT2D eigenvalue weighted by Crippen LogP contribution is -2.04. The Balaban J connectivity index is 0.000000810. The van der Waals surface area contributed by atoms with Crippen molar-refractivity contribution in [3.05, 3.63) is 24.5 Å². The summed E-state index contributed by atoms with van der Waals surface area (Å²) >= 11 is 0. The van der Waals surface area contributed by atoms with Crippen molar-refractivity contribution < 1.29 is 19.4 Å². The van der Waals surface area contributed by atoms with E-state index in [4.69, 9.17) is 5.11 Å². The van der Waals surface area contributed by atoms with Gasteiger partial charge in [0.25, 0.3) is 0 Å². The number of carboxylic acids is 1. The van der Waals surface area contributed by atoms with Gasteiger partial charge in [-0.15, -0.1) is 12.4 Å². The van der Waals surface area contributed by atoms with Crippen LogP contribution in [0.1, 0.15) is 0 Å². The van der Waals surface area contributed by atoms with Crippen LogP contribution in [0.25, 0.3) is 0 Å². The Labute approximate surface area is 63.1 Å². The Morgan fingerprint density at radius 1 is 1.50 bits per heavy atom. The molecule has 1 aliphatic rings. The second-order valence-electron chi connectivity index (χ2n) is 1.31. The Hall–Kier alpha value is -1.16. The summed E-state index contributed by atoms with van der Waals surface area (Å²) in [7, 11) is 0. The van der Waals surface area contributed by atoms with Crippen molar-refractivity contribution in [1.29, 1.82) is 0 Å². The first kappa shape index (κ1) is 8.84. The first-order valence-corrected chi connectivity index (χ1v) is 2.21. The average Bonchev–Trinajstić information content (AvgIpc) is 1.90. The first-order chi connectivity index (χ1) is 4.30. The lowest BCUT2D eigenvalue weighted by atomic mass is 10.5. The second kappa shape index (κ2) is 3.79. The molecule has 0 aromatic carbocycles. The number of halogens is 1. The van der Waals surface area contributed by atoms with Gasteiger partial charge in [0.2, 0.25) is 5.76 Å². The second-order valence-corrected chi connectivity index (χ2v) is 1.31. The number of carbonyl (C=O) groups is 1. The van der Waals surface area contributed by atoms with Gasteiger partial charge in [-0.1, -0.05) is 0 Å². The molecule has 5 heteroatoms. The summed E-state index contributed by atoms with van der Waals surface area (Å²) in [6, 6.07) is 0. The number of hydrogen-bond acceptors (Lipinski definition) is 3. The minimum atomic E-state index is -1.14. The summed E-state index contributed by atoms with van der Waals surface area (Å²) in [5.41, 5.74) is 0. The maximum absolute atomic E-state index is 10.0. The molecule has 1 aliphatic heterocycles. The Morgan fingerprint density at radius 3 is 2.50 bits per heavy atom. The van der Waals surface area contributed by atoms with Gasteiger partial charge in [-0.25, -0.2) is 4.79 Å². The van der Waals surface area contributed by atoms with E-state index in [-0.39, 0.29) is 18.2 Å². The fraction of sp³-hybridized carbons (Fsp3) is 0. The number of ether oxygens (including phenoxy) is 2. The van der Waals surface area contributed by atoms with Crippen LogP contribution in [0.15, 0.2) is 24.5 Å². The van der Waals surface area contributed by atoms with Crippen LogP contribution in [0.5, 0.6) is 0 Å². The van der Waals surface area contributed by atoms with E-state index in [9.17, 15) is 4.79 Å². The molecule has 0 amide bonds. The third-order valence-corrected chi connectivity index (χ3v) is 0.715. The van der Waals surface area contributed by atoms with Gasteiger partial charge in [-0.3, -0.25) is 0 Å². The molecule has 0 radical (unpaired) electrons. The Morgan fingerprint density at radius 2 is 2.20 bits per heavy atom. The largest absolute Gasteiger partial charge is 0.475 e. The molecule has 1 rings (SSSR count). The third-order valence-electron chi connectivity index (χ3n) is 0.715. The molecule has 4 nitrogen and oxygen atoms in total. The van der Waals surface area contributed by atoms with Crippen molar-refractivity contribution in [1.82, 2.24) is 0 Å². The van der Waals surface area contributed by atoms with Crippen molar-refractivity contribution in [3.63, 3.8) is 0 Å². The van der Waals surface area contributed by atoms with E-state index in [1.807, 2.05) is 0 Å². The molecule has 0 aromatic rings. The van der Waals surface area contributed by atoms with Crippen LogP contribution >= 0.6 is 12.4 Å². The number of aliphatic carboxylic acids is 1. The van der Waals surface area contributed by atoms with Crippen LogP contribution in [0.2, 0.25) is 0 Å². The quantitative estimate of drug-likeness (QED) is 0.624. The molecule has 0 atom stereocenters. The van der Waals surface area contributed by atoms with Gasteiger partial charge in [0.05, 0.1) is 0 Å². The maximum Gasteiger partial charge on any atom is 0.375 e. The molecule has 1 N–H and O–H groups in total. The van der Waals surface area contributed by atoms with Crippen LogP contribution < -0.4 is 0 Å². The number of hydrogen-bond donors (Lipinski definition) is 1. The lowest BCUT2D eigenvalue weighted by molar-refractivity contribution is -0.136. The monoisotopic (exact) mass is 164 g/mol. The number of rotatable bonds is 1. The molecule has 0 aromatic heterocycles. The molecule has 0 aliphatic carbocycles. The van der Waals surface area contributed by atoms with Gasteiger partial charge < -0.3 is 14.6 Å². The van der Waals surface area contributed by atoms with E-state index in [1.54, 1.807) is 0 Å². The smallest absolute Gasteiger partial charge is 0.375 e. The summed E-state index contributed by atoms with van der Waals surface area (Å²) in [4.78, 5) is 10.0. The van der Waals surface area contributed by atoms with E-state index < -0.39 is 5.97 Å². The molecular formula is C5H5ClO4. The molecule has 0 saturated heterocycles. The standard InChI is InChI=1S/C5H4O4.ClH/c6-5(7)4-3-8-1-2-9-4;/h1-3H,(H,6,7);1H. The van der Waals surface area contributed by atoms with E-state index in [2.05, 4.69) is 9.47 Å². The summed E-state index contributed by atoms with van der Waals surface area (Å²) in [6.07, 6.45) is 3.41. The van der Waals surface area contributed by atoms with E-state index in [0.717, 1.165) is 12.5 Å². The molecule has 0 bridgehead atoms. The highest BCUT2D eigenvalue weighted by molar-refractivity contribution is 5.85. The van der Waals surface area contributed by atoms with Gasteiger partial charge in [0.15, 0.2) is 0 Å². The minimum absolute atomic E-state index is 0. The molecule has 0 spiro atoms. The molecule has 1 heterocycles. The van der Waals surface area contributed by atoms with Crippen LogP contribution in [0.3, 0.4) is 0 Å². The SMILES string of the molecule is Cl.O=C(O)C1=COC=CO1. The van der Waals surface area contributed by atoms with Gasteiger partial charge in [-0.05, 0) is 0 Å². The molecule has 0 unspecified atom stereocenters. The Bertz CT molecular complexity index is 184. The van der Waals surface area contributed by atoms with Crippen molar-refractivity contribution >= 4 is 18.4 Å². The zero-order chi connectivity index (χ0) is 6.69. The topological polar surface area (TPSA) is 55.8 Å². The predicted octanol–water partition coefficient (Wildman–Crippen LogP) is 0.852. The van der Waals surface area contributed by atoms with Gasteiger partial charge in [-0.2, -0.15) is 0 Å². The zero-order valence-corrected chi connectivity index (χ0v) is 5.63. The molecular weight excluding hydrogens is 160 g/mol. The zero-order valence-electron chi connectivity index (χ0n) is 4.81. The molecule has 56 valence electrons.